The second-order valence-corrected chi connectivity index (χ2v) is 7.09. The van der Waals surface area contributed by atoms with Gasteiger partial charge in [0.15, 0.2) is 5.60 Å². The van der Waals surface area contributed by atoms with Gasteiger partial charge in [-0.3, -0.25) is 0 Å². The summed E-state index contributed by atoms with van der Waals surface area (Å²) in [4.78, 5) is 12.3. The van der Waals surface area contributed by atoms with Gasteiger partial charge < -0.3 is 10.9 Å². The molecule has 0 amide bonds. The Balaban J connectivity index is 0.00000196. The molecule has 0 spiro atoms. The molecule has 4 heteroatoms. The number of carbonyl (C=O) groups excluding carboxylic acids is 1. The number of unbranched alkanes of at least 4 members (excludes halogenated alkanes) is 5. The topological polar surface area (TPSA) is 38.8 Å². The standard InChI is InChI=1S/C23H28O3.Li.H/c24-22(26-21-16-10-6-11-17-21)23(19-25-23)18-12-4-2-1-3-7-13-20-14-8-5-9-15-20;;/h5-6,8-11,14-17H,1-4,7,12-13,18-19H2;;/q;+1;-1. The molecular weight excluding hydrogens is 331 g/mol. The SMILES string of the molecule is O=C(Oc1ccccc1)C1(CCCCCCCCc2ccccc2)CO1.[H-].[Li+]. The second kappa shape index (κ2) is 11.3. The van der Waals surface area contributed by atoms with Gasteiger partial charge in [0.25, 0.3) is 0 Å². The van der Waals surface area contributed by atoms with Crippen LogP contribution in [-0.2, 0) is 16.0 Å². The first-order valence-corrected chi connectivity index (χ1v) is 9.74. The van der Waals surface area contributed by atoms with Crippen LogP contribution < -0.4 is 23.6 Å². The molecule has 0 N–H and O–H groups in total. The molecule has 1 fully saturated rings. The van der Waals surface area contributed by atoms with Crippen LogP contribution in [-0.4, -0.2) is 18.2 Å². The van der Waals surface area contributed by atoms with Gasteiger partial charge in [-0.2, -0.15) is 0 Å². The number of rotatable bonds is 11. The maximum Gasteiger partial charge on any atom is 1.00 e. The van der Waals surface area contributed by atoms with E-state index in [-0.39, 0.29) is 26.3 Å². The van der Waals surface area contributed by atoms with Crippen molar-refractivity contribution in [3.05, 3.63) is 66.2 Å². The number of esters is 1. The maximum absolute atomic E-state index is 12.3. The van der Waals surface area contributed by atoms with Crippen LogP contribution in [0.3, 0.4) is 0 Å². The summed E-state index contributed by atoms with van der Waals surface area (Å²) in [5, 5.41) is 0. The summed E-state index contributed by atoms with van der Waals surface area (Å²) in [5.74, 6) is 0.345. The first kappa shape index (κ1) is 21.8. The molecule has 0 aliphatic carbocycles. The van der Waals surface area contributed by atoms with Gasteiger partial charge in [0.2, 0.25) is 0 Å². The molecule has 1 atom stereocenters. The van der Waals surface area contributed by atoms with E-state index in [0.717, 1.165) is 19.3 Å². The Labute approximate surface area is 176 Å². The fourth-order valence-electron chi connectivity index (χ4n) is 3.23. The molecule has 27 heavy (non-hydrogen) atoms. The zero-order valence-electron chi connectivity index (χ0n) is 17.4. The number of aryl methyl sites for hydroxylation is 1. The molecule has 140 valence electrons. The van der Waals surface area contributed by atoms with E-state index in [2.05, 4.69) is 30.3 Å². The second-order valence-electron chi connectivity index (χ2n) is 7.09. The van der Waals surface area contributed by atoms with Crippen molar-refractivity contribution in [1.29, 1.82) is 0 Å². The third-order valence-corrected chi connectivity index (χ3v) is 4.96. The first-order chi connectivity index (χ1) is 12.8. The van der Waals surface area contributed by atoms with Crippen molar-refractivity contribution in [2.24, 2.45) is 0 Å². The third-order valence-electron chi connectivity index (χ3n) is 4.96. The normalized spacial score (nSPS) is 17.8. The summed E-state index contributed by atoms with van der Waals surface area (Å²) in [5.41, 5.74) is 0.751. The third kappa shape index (κ3) is 7.18. The van der Waals surface area contributed by atoms with E-state index in [1.807, 2.05) is 18.2 Å². The average Bonchev–Trinajstić information content (AvgIpc) is 3.47. The average molecular weight is 360 g/mol. The molecular formula is C23H29LiO3. The zero-order chi connectivity index (χ0) is 18.1. The molecule has 1 aliphatic rings. The van der Waals surface area contributed by atoms with Gasteiger partial charge >= 0.3 is 24.8 Å². The number of benzene rings is 2. The molecule has 2 aromatic carbocycles. The zero-order valence-corrected chi connectivity index (χ0v) is 16.4. The van der Waals surface area contributed by atoms with Crippen LogP contribution in [0.1, 0.15) is 51.9 Å². The van der Waals surface area contributed by atoms with E-state index in [9.17, 15) is 4.79 Å². The molecule has 0 bridgehead atoms. The Morgan fingerprint density at radius 2 is 1.44 bits per heavy atom. The van der Waals surface area contributed by atoms with Gasteiger partial charge in [0, 0.05) is 0 Å². The van der Waals surface area contributed by atoms with Crippen LogP contribution in [0.5, 0.6) is 5.75 Å². The predicted molar refractivity (Wildman–Crippen MR) is 104 cm³/mol. The summed E-state index contributed by atoms with van der Waals surface area (Å²) in [6, 6.07) is 19.9. The van der Waals surface area contributed by atoms with Crippen molar-refractivity contribution in [3.63, 3.8) is 0 Å². The number of hydrogen-bond acceptors (Lipinski definition) is 3. The van der Waals surface area contributed by atoms with E-state index >= 15 is 0 Å². The van der Waals surface area contributed by atoms with Gasteiger partial charge in [0.1, 0.15) is 5.75 Å². The molecule has 1 saturated heterocycles. The van der Waals surface area contributed by atoms with Crippen molar-refractivity contribution in [3.8, 4) is 5.75 Å². The largest absolute Gasteiger partial charge is 1.00 e. The Kier molecular flexibility index (Phi) is 9.14. The van der Waals surface area contributed by atoms with Crippen molar-refractivity contribution < 1.29 is 34.6 Å². The minimum absolute atomic E-state index is 0. The van der Waals surface area contributed by atoms with Gasteiger partial charge in [-0.05, 0) is 43.4 Å². The Morgan fingerprint density at radius 1 is 0.889 bits per heavy atom. The van der Waals surface area contributed by atoms with Crippen molar-refractivity contribution in [2.45, 2.75) is 57.0 Å². The molecule has 0 radical (unpaired) electrons. The molecule has 1 aliphatic heterocycles. The van der Waals surface area contributed by atoms with Crippen LogP contribution in [0.25, 0.3) is 0 Å². The minimum Gasteiger partial charge on any atom is -1.00 e. The Hall–Kier alpha value is -1.53. The van der Waals surface area contributed by atoms with Crippen LogP contribution in [0, 0.1) is 0 Å². The van der Waals surface area contributed by atoms with Crippen molar-refractivity contribution in [1.82, 2.24) is 0 Å². The fourth-order valence-corrected chi connectivity index (χ4v) is 3.23. The maximum atomic E-state index is 12.3. The predicted octanol–water partition coefficient (Wildman–Crippen LogP) is 2.45. The smallest absolute Gasteiger partial charge is 1.00 e. The number of carbonyl (C=O) groups is 1. The number of hydrogen-bond donors (Lipinski definition) is 0. The van der Waals surface area contributed by atoms with E-state index in [4.69, 9.17) is 9.47 Å². The Bertz CT molecular complexity index is 675. The molecule has 0 saturated carbocycles. The number of ether oxygens (including phenoxy) is 2. The number of para-hydroxylation sites is 1. The van der Waals surface area contributed by atoms with Gasteiger partial charge in [0.05, 0.1) is 6.61 Å². The van der Waals surface area contributed by atoms with Crippen LogP contribution >= 0.6 is 0 Å². The first-order valence-electron chi connectivity index (χ1n) is 9.74. The van der Waals surface area contributed by atoms with Crippen molar-refractivity contribution in [2.75, 3.05) is 6.61 Å². The summed E-state index contributed by atoms with van der Waals surface area (Å²) < 4.78 is 10.9. The van der Waals surface area contributed by atoms with E-state index in [0.29, 0.717) is 12.4 Å². The van der Waals surface area contributed by atoms with Crippen LogP contribution in [0.15, 0.2) is 60.7 Å². The van der Waals surface area contributed by atoms with Gasteiger partial charge in [-0.25, -0.2) is 4.79 Å². The Morgan fingerprint density at radius 3 is 2.07 bits per heavy atom. The van der Waals surface area contributed by atoms with Crippen LogP contribution in [0.4, 0.5) is 0 Å². The van der Waals surface area contributed by atoms with E-state index in [1.165, 1.54) is 37.7 Å². The minimum atomic E-state index is -0.677. The molecule has 3 nitrogen and oxygen atoms in total. The van der Waals surface area contributed by atoms with Crippen molar-refractivity contribution >= 4 is 5.97 Å². The fraction of sp³-hybridized carbons (Fsp3) is 0.435. The van der Waals surface area contributed by atoms with E-state index in [1.54, 1.807) is 12.1 Å². The van der Waals surface area contributed by atoms with Crippen LogP contribution in [0.2, 0.25) is 0 Å². The summed E-state index contributed by atoms with van der Waals surface area (Å²) in [7, 11) is 0. The van der Waals surface area contributed by atoms with Gasteiger partial charge in [-0.15, -0.1) is 0 Å². The number of epoxide rings is 1. The molecule has 2 aromatic rings. The molecule has 1 unspecified atom stereocenters. The molecule has 0 aromatic heterocycles. The molecule has 1 heterocycles. The summed E-state index contributed by atoms with van der Waals surface area (Å²) >= 11 is 0. The summed E-state index contributed by atoms with van der Waals surface area (Å²) in [6.07, 6.45) is 9.10. The van der Waals surface area contributed by atoms with E-state index < -0.39 is 5.60 Å². The molecule has 3 rings (SSSR count). The quantitative estimate of drug-likeness (QED) is 0.203. The van der Waals surface area contributed by atoms with Gasteiger partial charge in [-0.1, -0.05) is 74.2 Å². The monoisotopic (exact) mass is 360 g/mol. The summed E-state index contributed by atoms with van der Waals surface area (Å²) in [6.45, 7) is 0.496.